The molecule has 2 unspecified atom stereocenters. The third-order valence-corrected chi connectivity index (χ3v) is 6.25. The molecule has 2 heterocycles. The van der Waals surface area contributed by atoms with Crippen molar-refractivity contribution in [1.82, 2.24) is 10.2 Å². The van der Waals surface area contributed by atoms with Gasteiger partial charge in [0, 0.05) is 29.3 Å². The van der Waals surface area contributed by atoms with Crippen molar-refractivity contribution in [3.05, 3.63) is 0 Å². The highest BCUT2D eigenvalue weighted by atomic mass is 16.2. The zero-order valence-corrected chi connectivity index (χ0v) is 14.7. The predicted octanol–water partition coefficient (Wildman–Crippen LogP) is 2.10. The highest BCUT2D eigenvalue weighted by molar-refractivity contribution is 6.04. The number of carbonyl (C=O) groups excluding carboxylic acids is 3. The highest BCUT2D eigenvalue weighted by Crippen LogP contribution is 2.57. The summed E-state index contributed by atoms with van der Waals surface area (Å²) in [6, 6.07) is 0. The number of nitrogens with one attached hydrogen (secondary N) is 1. The molecule has 1 aliphatic carbocycles. The molecule has 2 bridgehead atoms. The molecule has 128 valence electrons. The first-order valence-electron chi connectivity index (χ1n) is 8.73. The van der Waals surface area contributed by atoms with Gasteiger partial charge in [0.1, 0.15) is 0 Å². The van der Waals surface area contributed by atoms with Crippen LogP contribution in [0.3, 0.4) is 0 Å². The SMILES string of the molecule is CC1CCN(C(=O)C2(C)CC3(C)CC(C)(C2)C(=O)NC3=O)CC1. The van der Waals surface area contributed by atoms with E-state index in [9.17, 15) is 14.4 Å². The Morgan fingerprint density at radius 2 is 1.48 bits per heavy atom. The molecule has 0 aromatic carbocycles. The van der Waals surface area contributed by atoms with Crippen LogP contribution in [0.4, 0.5) is 0 Å². The van der Waals surface area contributed by atoms with E-state index in [2.05, 4.69) is 12.2 Å². The summed E-state index contributed by atoms with van der Waals surface area (Å²) in [5.41, 5.74) is -1.89. The Balaban J connectivity index is 1.88. The Bertz CT molecular complexity index is 537. The lowest BCUT2D eigenvalue weighted by Gasteiger charge is -2.54. The van der Waals surface area contributed by atoms with E-state index in [-0.39, 0.29) is 17.7 Å². The fourth-order valence-corrected chi connectivity index (χ4v) is 5.24. The molecular formula is C18H28N2O3. The molecule has 3 aliphatic rings. The van der Waals surface area contributed by atoms with Gasteiger partial charge in [-0.25, -0.2) is 0 Å². The van der Waals surface area contributed by atoms with E-state index < -0.39 is 16.2 Å². The average Bonchev–Trinajstić information content (AvgIpc) is 2.45. The largest absolute Gasteiger partial charge is 0.342 e. The third-order valence-electron chi connectivity index (χ3n) is 6.25. The average molecular weight is 320 g/mol. The van der Waals surface area contributed by atoms with Gasteiger partial charge < -0.3 is 4.90 Å². The molecule has 23 heavy (non-hydrogen) atoms. The van der Waals surface area contributed by atoms with Crippen LogP contribution >= 0.6 is 0 Å². The number of hydrogen-bond donors (Lipinski definition) is 1. The van der Waals surface area contributed by atoms with Crippen molar-refractivity contribution >= 4 is 17.7 Å². The summed E-state index contributed by atoms with van der Waals surface area (Å²) in [5.74, 6) is 0.362. The van der Waals surface area contributed by atoms with E-state index in [0.717, 1.165) is 25.9 Å². The van der Waals surface area contributed by atoms with Gasteiger partial charge in [-0.1, -0.05) is 27.7 Å². The smallest absolute Gasteiger partial charge is 0.232 e. The van der Waals surface area contributed by atoms with Crippen LogP contribution in [0.1, 0.15) is 59.8 Å². The molecule has 0 spiro atoms. The number of nitrogens with zero attached hydrogens (tertiary/aromatic N) is 1. The molecule has 1 saturated carbocycles. The maximum absolute atomic E-state index is 13.2. The number of likely N-dealkylation sites (tertiary alicyclic amines) is 1. The van der Waals surface area contributed by atoms with Gasteiger partial charge in [-0.2, -0.15) is 0 Å². The summed E-state index contributed by atoms with van der Waals surface area (Å²) in [4.78, 5) is 39.9. The van der Waals surface area contributed by atoms with E-state index in [4.69, 9.17) is 0 Å². The second-order valence-electron chi connectivity index (χ2n) is 8.97. The number of fused-ring (bicyclic) bond motifs is 2. The van der Waals surface area contributed by atoms with E-state index in [1.165, 1.54) is 0 Å². The van der Waals surface area contributed by atoms with Crippen molar-refractivity contribution in [3.8, 4) is 0 Å². The van der Waals surface area contributed by atoms with Crippen LogP contribution in [-0.2, 0) is 14.4 Å². The topological polar surface area (TPSA) is 66.5 Å². The maximum Gasteiger partial charge on any atom is 0.232 e. The van der Waals surface area contributed by atoms with Crippen LogP contribution in [0.15, 0.2) is 0 Å². The molecule has 2 atom stereocenters. The zero-order chi connectivity index (χ0) is 17.0. The molecule has 0 aromatic heterocycles. The highest BCUT2D eigenvalue weighted by Gasteiger charge is 2.61. The summed E-state index contributed by atoms with van der Waals surface area (Å²) in [6.07, 6.45) is 3.68. The minimum atomic E-state index is -0.631. The van der Waals surface area contributed by atoms with Gasteiger partial charge in [-0.3, -0.25) is 19.7 Å². The minimum Gasteiger partial charge on any atom is -0.342 e. The zero-order valence-electron chi connectivity index (χ0n) is 14.7. The van der Waals surface area contributed by atoms with Gasteiger partial charge in [0.25, 0.3) is 0 Å². The molecule has 5 nitrogen and oxygen atoms in total. The lowest BCUT2D eigenvalue weighted by atomic mass is 9.52. The van der Waals surface area contributed by atoms with Crippen LogP contribution in [0.2, 0.25) is 0 Å². The predicted molar refractivity (Wildman–Crippen MR) is 86.3 cm³/mol. The van der Waals surface area contributed by atoms with E-state index in [0.29, 0.717) is 25.2 Å². The molecule has 3 amide bonds. The minimum absolute atomic E-state index is 0.129. The van der Waals surface area contributed by atoms with Crippen molar-refractivity contribution in [1.29, 1.82) is 0 Å². The van der Waals surface area contributed by atoms with Crippen molar-refractivity contribution in [2.75, 3.05) is 13.1 Å². The van der Waals surface area contributed by atoms with Crippen LogP contribution in [0.5, 0.6) is 0 Å². The van der Waals surface area contributed by atoms with E-state index >= 15 is 0 Å². The quantitative estimate of drug-likeness (QED) is 0.753. The monoisotopic (exact) mass is 320 g/mol. The molecule has 0 aromatic rings. The molecule has 5 heteroatoms. The second-order valence-corrected chi connectivity index (χ2v) is 8.97. The number of amides is 3. The fraction of sp³-hybridized carbons (Fsp3) is 0.833. The Kier molecular flexibility index (Phi) is 3.62. The van der Waals surface area contributed by atoms with Crippen LogP contribution in [0, 0.1) is 22.2 Å². The Morgan fingerprint density at radius 1 is 1.00 bits per heavy atom. The van der Waals surface area contributed by atoms with Gasteiger partial charge in [-0.15, -0.1) is 0 Å². The summed E-state index contributed by atoms with van der Waals surface area (Å²) in [7, 11) is 0. The summed E-state index contributed by atoms with van der Waals surface area (Å²) in [5, 5.41) is 2.52. The van der Waals surface area contributed by atoms with Crippen molar-refractivity contribution in [2.24, 2.45) is 22.2 Å². The van der Waals surface area contributed by atoms with Crippen molar-refractivity contribution < 1.29 is 14.4 Å². The van der Waals surface area contributed by atoms with Crippen LogP contribution in [0.25, 0.3) is 0 Å². The van der Waals surface area contributed by atoms with Crippen molar-refractivity contribution in [2.45, 2.75) is 59.8 Å². The molecule has 2 saturated heterocycles. The van der Waals surface area contributed by atoms with Gasteiger partial charge >= 0.3 is 0 Å². The van der Waals surface area contributed by atoms with E-state index in [1.54, 1.807) is 0 Å². The second kappa shape index (κ2) is 5.05. The molecule has 0 radical (unpaired) electrons. The summed E-state index contributed by atoms with van der Waals surface area (Å²) < 4.78 is 0. The normalized spacial score (nSPS) is 41.7. The maximum atomic E-state index is 13.2. The lowest BCUT2D eigenvalue weighted by molar-refractivity contribution is -0.168. The standard InChI is InChI=1S/C18H28N2O3/c1-12-5-7-20(8-6-12)15(23)18(4)10-16(2)9-17(3,11-18)14(22)19-13(16)21/h12H,5-11H2,1-4H3,(H,19,21,22). The van der Waals surface area contributed by atoms with Crippen LogP contribution in [-0.4, -0.2) is 35.7 Å². The van der Waals surface area contributed by atoms with Gasteiger partial charge in [-0.05, 0) is 38.0 Å². The number of piperidine rings is 2. The first kappa shape index (κ1) is 16.5. The molecular weight excluding hydrogens is 292 g/mol. The third kappa shape index (κ3) is 2.58. The molecule has 3 rings (SSSR count). The first-order chi connectivity index (χ1) is 10.6. The fourth-order valence-electron chi connectivity index (χ4n) is 5.24. The number of hydrogen-bond acceptors (Lipinski definition) is 3. The Hall–Kier alpha value is -1.39. The molecule has 3 fully saturated rings. The summed E-state index contributed by atoms with van der Waals surface area (Å²) in [6.45, 7) is 9.56. The number of carbonyl (C=O) groups is 3. The van der Waals surface area contributed by atoms with Gasteiger partial charge in [0.05, 0.1) is 0 Å². The summed E-state index contributed by atoms with van der Waals surface area (Å²) >= 11 is 0. The number of imide groups is 1. The van der Waals surface area contributed by atoms with Gasteiger partial charge in [0.2, 0.25) is 17.7 Å². The van der Waals surface area contributed by atoms with Gasteiger partial charge in [0.15, 0.2) is 0 Å². The van der Waals surface area contributed by atoms with E-state index in [1.807, 2.05) is 25.7 Å². The van der Waals surface area contributed by atoms with Crippen LogP contribution < -0.4 is 5.32 Å². The Morgan fingerprint density at radius 3 is 1.96 bits per heavy atom. The Labute approximate surface area is 138 Å². The molecule has 2 aliphatic heterocycles. The lowest BCUT2D eigenvalue weighted by Crippen LogP contribution is -2.64. The number of rotatable bonds is 1. The first-order valence-corrected chi connectivity index (χ1v) is 8.73. The molecule has 1 N–H and O–H groups in total. The van der Waals surface area contributed by atoms with Crippen molar-refractivity contribution in [3.63, 3.8) is 0 Å².